The summed E-state index contributed by atoms with van der Waals surface area (Å²) in [4.78, 5) is 11.9. The van der Waals surface area contributed by atoms with Crippen molar-refractivity contribution in [3.05, 3.63) is 35.4 Å². The molecule has 0 aliphatic heterocycles. The van der Waals surface area contributed by atoms with E-state index in [4.69, 9.17) is 10.5 Å². The monoisotopic (exact) mass is 284 g/mol. The summed E-state index contributed by atoms with van der Waals surface area (Å²) < 4.78 is 31.7. The van der Waals surface area contributed by atoms with Crippen LogP contribution in [0.4, 0.5) is 8.78 Å². The molecule has 20 heavy (non-hydrogen) atoms. The second kappa shape index (κ2) is 6.28. The second-order valence-electron chi connectivity index (χ2n) is 4.90. The van der Waals surface area contributed by atoms with Crippen LogP contribution >= 0.6 is 0 Å². The number of halogens is 2. The highest BCUT2D eigenvalue weighted by Gasteiger charge is 2.40. The van der Waals surface area contributed by atoms with Gasteiger partial charge in [-0.25, -0.2) is 8.78 Å². The molecule has 0 spiro atoms. The summed E-state index contributed by atoms with van der Waals surface area (Å²) in [5, 5.41) is 2.74. The predicted octanol–water partition coefficient (Wildman–Crippen LogP) is 1.13. The third-order valence-electron chi connectivity index (χ3n) is 3.44. The maximum absolute atomic E-state index is 13.4. The molecule has 6 heteroatoms. The van der Waals surface area contributed by atoms with E-state index in [1.54, 1.807) is 0 Å². The number of carbonyl (C=O) groups is 1. The maximum atomic E-state index is 13.4. The molecule has 0 heterocycles. The van der Waals surface area contributed by atoms with Crippen molar-refractivity contribution in [2.75, 3.05) is 6.61 Å². The van der Waals surface area contributed by atoms with Gasteiger partial charge in [0, 0.05) is 18.7 Å². The fourth-order valence-electron chi connectivity index (χ4n) is 2.30. The number of rotatable bonds is 5. The van der Waals surface area contributed by atoms with Crippen LogP contribution in [-0.2, 0) is 16.0 Å². The largest absolute Gasteiger partial charge is 0.376 e. The van der Waals surface area contributed by atoms with Gasteiger partial charge in [-0.3, -0.25) is 4.79 Å². The van der Waals surface area contributed by atoms with Gasteiger partial charge in [0.05, 0.1) is 18.6 Å². The van der Waals surface area contributed by atoms with Gasteiger partial charge in [-0.1, -0.05) is 6.07 Å². The zero-order valence-corrected chi connectivity index (χ0v) is 11.2. The van der Waals surface area contributed by atoms with E-state index >= 15 is 0 Å². The molecule has 4 nitrogen and oxygen atoms in total. The van der Waals surface area contributed by atoms with Crippen molar-refractivity contribution >= 4 is 5.91 Å². The number of amides is 1. The minimum atomic E-state index is -0.723. The highest BCUT2D eigenvalue weighted by molar-refractivity contribution is 5.79. The summed E-state index contributed by atoms with van der Waals surface area (Å²) in [5.74, 6) is -1.73. The lowest BCUT2D eigenvalue weighted by Gasteiger charge is -2.42. The minimum absolute atomic E-state index is 0.0861. The van der Waals surface area contributed by atoms with Crippen LogP contribution in [0.5, 0.6) is 0 Å². The van der Waals surface area contributed by atoms with Crippen LogP contribution in [0.15, 0.2) is 18.2 Å². The zero-order chi connectivity index (χ0) is 14.7. The Balaban J connectivity index is 1.92. The molecule has 110 valence electrons. The normalized spacial score (nSPS) is 25.1. The molecule has 1 aromatic rings. The molecular weight excluding hydrogens is 266 g/mol. The standard InChI is InChI=1S/C14H18F2N2O2/c1-2-20-12-7-11(17)14(12)18-13(19)5-8-3-4-9(15)6-10(8)16/h3-4,6,11-12,14H,2,5,7,17H2,1H3,(H,18,19). The van der Waals surface area contributed by atoms with Crippen LogP contribution in [-0.4, -0.2) is 30.7 Å². The van der Waals surface area contributed by atoms with Crippen molar-refractivity contribution in [2.45, 2.75) is 38.0 Å². The van der Waals surface area contributed by atoms with Gasteiger partial charge in [0.1, 0.15) is 11.6 Å². The number of ether oxygens (including phenoxy) is 1. The predicted molar refractivity (Wildman–Crippen MR) is 70.0 cm³/mol. The van der Waals surface area contributed by atoms with Crippen molar-refractivity contribution in [2.24, 2.45) is 5.73 Å². The lowest BCUT2D eigenvalue weighted by Crippen LogP contribution is -2.65. The molecular formula is C14H18F2N2O2. The van der Waals surface area contributed by atoms with Crippen LogP contribution in [0.2, 0.25) is 0 Å². The summed E-state index contributed by atoms with van der Waals surface area (Å²) in [7, 11) is 0. The Kier molecular flexibility index (Phi) is 4.67. The third-order valence-corrected chi connectivity index (χ3v) is 3.44. The van der Waals surface area contributed by atoms with Gasteiger partial charge >= 0.3 is 0 Å². The van der Waals surface area contributed by atoms with E-state index in [0.29, 0.717) is 13.0 Å². The average molecular weight is 284 g/mol. The topological polar surface area (TPSA) is 64.3 Å². The molecule has 0 aromatic heterocycles. The first-order valence-electron chi connectivity index (χ1n) is 6.61. The molecule has 1 aliphatic rings. The van der Waals surface area contributed by atoms with E-state index in [0.717, 1.165) is 12.1 Å². The van der Waals surface area contributed by atoms with Crippen molar-refractivity contribution in [3.8, 4) is 0 Å². The zero-order valence-electron chi connectivity index (χ0n) is 11.2. The summed E-state index contributed by atoms with van der Waals surface area (Å²) in [6.07, 6.45) is 0.467. The molecule has 0 bridgehead atoms. The van der Waals surface area contributed by atoms with Gasteiger partial charge in [-0.2, -0.15) is 0 Å². The number of hydrogen-bond acceptors (Lipinski definition) is 3. The van der Waals surface area contributed by atoms with Gasteiger partial charge in [0.25, 0.3) is 0 Å². The number of nitrogens with one attached hydrogen (secondary N) is 1. The molecule has 1 saturated carbocycles. The summed E-state index contributed by atoms with van der Waals surface area (Å²) >= 11 is 0. The first kappa shape index (κ1) is 14.9. The molecule has 2 rings (SSSR count). The van der Waals surface area contributed by atoms with E-state index in [-0.39, 0.29) is 36.1 Å². The Morgan fingerprint density at radius 1 is 1.50 bits per heavy atom. The first-order valence-corrected chi connectivity index (χ1v) is 6.61. The molecule has 3 atom stereocenters. The summed E-state index contributed by atoms with van der Waals surface area (Å²) in [5.41, 5.74) is 5.97. The van der Waals surface area contributed by atoms with Crippen LogP contribution in [0, 0.1) is 11.6 Å². The average Bonchev–Trinajstić information content (AvgIpc) is 2.39. The summed E-state index contributed by atoms with van der Waals surface area (Å²) in [6.45, 7) is 2.42. The fraction of sp³-hybridized carbons (Fsp3) is 0.500. The van der Waals surface area contributed by atoms with Crippen molar-refractivity contribution in [3.63, 3.8) is 0 Å². The van der Waals surface area contributed by atoms with Crippen LogP contribution in [0.3, 0.4) is 0 Å². The molecule has 0 saturated heterocycles. The quantitative estimate of drug-likeness (QED) is 0.852. The van der Waals surface area contributed by atoms with E-state index < -0.39 is 11.6 Å². The molecule has 1 amide bonds. The third kappa shape index (κ3) is 3.32. The Hall–Kier alpha value is -1.53. The minimum Gasteiger partial charge on any atom is -0.376 e. The van der Waals surface area contributed by atoms with Gasteiger partial charge in [-0.05, 0) is 25.0 Å². The van der Waals surface area contributed by atoms with E-state index in [9.17, 15) is 13.6 Å². The van der Waals surface area contributed by atoms with Gasteiger partial charge in [-0.15, -0.1) is 0 Å². The van der Waals surface area contributed by atoms with Gasteiger partial charge < -0.3 is 15.8 Å². The molecule has 1 aromatic carbocycles. The van der Waals surface area contributed by atoms with E-state index in [2.05, 4.69) is 5.32 Å². The molecule has 3 N–H and O–H groups in total. The number of nitrogens with two attached hydrogens (primary N) is 1. The van der Waals surface area contributed by atoms with Gasteiger partial charge in [0.15, 0.2) is 0 Å². The van der Waals surface area contributed by atoms with Crippen molar-refractivity contribution < 1.29 is 18.3 Å². The van der Waals surface area contributed by atoms with Crippen LogP contribution in [0.25, 0.3) is 0 Å². The van der Waals surface area contributed by atoms with Crippen molar-refractivity contribution in [1.29, 1.82) is 0 Å². The second-order valence-corrected chi connectivity index (χ2v) is 4.90. The van der Waals surface area contributed by atoms with Crippen LogP contribution in [0.1, 0.15) is 18.9 Å². The smallest absolute Gasteiger partial charge is 0.224 e. The Morgan fingerprint density at radius 2 is 2.25 bits per heavy atom. The lowest BCUT2D eigenvalue weighted by atomic mass is 9.83. The summed E-state index contributed by atoms with van der Waals surface area (Å²) in [6, 6.07) is 2.77. The maximum Gasteiger partial charge on any atom is 0.224 e. The lowest BCUT2D eigenvalue weighted by molar-refractivity contribution is -0.125. The molecule has 3 unspecified atom stereocenters. The molecule has 1 fully saturated rings. The van der Waals surface area contributed by atoms with Crippen LogP contribution < -0.4 is 11.1 Å². The number of benzene rings is 1. The van der Waals surface area contributed by atoms with E-state index in [1.807, 2.05) is 6.92 Å². The first-order chi connectivity index (χ1) is 9.51. The molecule has 0 radical (unpaired) electrons. The highest BCUT2D eigenvalue weighted by atomic mass is 19.1. The fourth-order valence-corrected chi connectivity index (χ4v) is 2.30. The van der Waals surface area contributed by atoms with E-state index in [1.165, 1.54) is 6.07 Å². The number of carbonyl (C=O) groups excluding carboxylic acids is 1. The molecule has 1 aliphatic carbocycles. The SMILES string of the molecule is CCOC1CC(N)C1NC(=O)Cc1ccc(F)cc1F. The Labute approximate surface area is 116 Å². The Morgan fingerprint density at radius 3 is 2.85 bits per heavy atom. The highest BCUT2D eigenvalue weighted by Crippen LogP contribution is 2.22. The van der Waals surface area contributed by atoms with Gasteiger partial charge in [0.2, 0.25) is 5.91 Å². The number of hydrogen-bond donors (Lipinski definition) is 2. The Bertz CT molecular complexity index is 494. The van der Waals surface area contributed by atoms with Crippen molar-refractivity contribution in [1.82, 2.24) is 5.32 Å².